The number of benzene rings is 2. The molecule has 0 saturated carbocycles. The number of aliphatic imine (C=N–C) groups is 1. The molecule has 1 aromatic heterocycles. The number of halogens is 1. The van der Waals surface area contributed by atoms with Gasteiger partial charge < -0.3 is 15.0 Å². The lowest BCUT2D eigenvalue weighted by Crippen LogP contribution is -2.37. The molecule has 29 heavy (non-hydrogen) atoms. The second-order valence-electron chi connectivity index (χ2n) is 7.43. The van der Waals surface area contributed by atoms with Crippen molar-refractivity contribution in [3.8, 4) is 5.88 Å². The minimum Gasteiger partial charge on any atom is -0.494 e. The van der Waals surface area contributed by atoms with Crippen molar-refractivity contribution in [2.24, 2.45) is 4.99 Å². The van der Waals surface area contributed by atoms with Crippen LogP contribution in [0, 0.1) is 5.82 Å². The van der Waals surface area contributed by atoms with E-state index in [-0.39, 0.29) is 11.7 Å². The molecular formula is C23H27FN4O. The summed E-state index contributed by atoms with van der Waals surface area (Å²) < 4.78 is 14.1. The van der Waals surface area contributed by atoms with Crippen molar-refractivity contribution in [3.63, 3.8) is 0 Å². The van der Waals surface area contributed by atoms with Crippen LogP contribution < -0.4 is 4.90 Å². The molecule has 2 heterocycles. The molecule has 5 nitrogen and oxygen atoms in total. The van der Waals surface area contributed by atoms with Crippen LogP contribution in [0.5, 0.6) is 5.88 Å². The average molecular weight is 394 g/mol. The highest BCUT2D eigenvalue weighted by Gasteiger charge is 2.26. The van der Waals surface area contributed by atoms with Crippen LogP contribution in [0.1, 0.15) is 25.8 Å². The van der Waals surface area contributed by atoms with Gasteiger partial charge in [-0.25, -0.2) is 4.39 Å². The lowest BCUT2D eigenvalue weighted by molar-refractivity contribution is 0.232. The summed E-state index contributed by atoms with van der Waals surface area (Å²) in [6, 6.07) is 13.4. The van der Waals surface area contributed by atoms with E-state index < -0.39 is 0 Å². The number of H-pyrrole nitrogens is 1. The zero-order valence-corrected chi connectivity index (χ0v) is 16.9. The summed E-state index contributed by atoms with van der Waals surface area (Å²) in [4.78, 5) is 12.2. The minimum atomic E-state index is -0.382. The van der Waals surface area contributed by atoms with E-state index in [4.69, 9.17) is 0 Å². The standard InChI is InChI=1S/C23H27FN4O/c1-3-27(4-2)18-12-13-28(15-18)17-10-8-16(9-11-17)25-14-19-22-20(24)6-5-7-21(22)26-23(19)29/h5-11,14,18,26,29H,3-4,12-13,15H2,1-2H3. The molecule has 0 radical (unpaired) electrons. The Hall–Kier alpha value is -2.86. The van der Waals surface area contributed by atoms with E-state index in [2.05, 4.69) is 45.8 Å². The monoisotopic (exact) mass is 394 g/mol. The lowest BCUT2D eigenvalue weighted by Gasteiger charge is -2.26. The Labute approximate surface area is 170 Å². The predicted molar refractivity (Wildman–Crippen MR) is 117 cm³/mol. The Morgan fingerprint density at radius 2 is 1.97 bits per heavy atom. The number of anilines is 1. The van der Waals surface area contributed by atoms with Crippen molar-refractivity contribution < 1.29 is 9.50 Å². The number of fused-ring (bicyclic) bond motifs is 1. The van der Waals surface area contributed by atoms with E-state index in [1.807, 2.05) is 12.1 Å². The molecule has 4 rings (SSSR count). The molecule has 152 valence electrons. The van der Waals surface area contributed by atoms with E-state index >= 15 is 0 Å². The normalized spacial score (nSPS) is 17.2. The van der Waals surface area contributed by atoms with Gasteiger partial charge in [0.2, 0.25) is 0 Å². The molecule has 1 unspecified atom stereocenters. The van der Waals surface area contributed by atoms with Gasteiger partial charge in [-0.3, -0.25) is 9.89 Å². The quantitative estimate of drug-likeness (QED) is 0.597. The first kappa shape index (κ1) is 19.5. The highest BCUT2D eigenvalue weighted by atomic mass is 19.1. The number of nitrogens with one attached hydrogen (secondary N) is 1. The third-order valence-electron chi connectivity index (χ3n) is 5.84. The third kappa shape index (κ3) is 3.85. The Morgan fingerprint density at radius 3 is 2.69 bits per heavy atom. The molecule has 1 atom stereocenters. The van der Waals surface area contributed by atoms with Crippen molar-refractivity contribution in [2.45, 2.75) is 26.3 Å². The molecule has 1 saturated heterocycles. The van der Waals surface area contributed by atoms with Crippen molar-refractivity contribution in [3.05, 3.63) is 53.8 Å². The van der Waals surface area contributed by atoms with Crippen LogP contribution in [0.2, 0.25) is 0 Å². The van der Waals surface area contributed by atoms with Crippen LogP contribution in [0.3, 0.4) is 0 Å². The predicted octanol–water partition coefficient (Wildman–Crippen LogP) is 4.68. The fourth-order valence-electron chi connectivity index (χ4n) is 4.24. The molecule has 1 aliphatic heterocycles. The van der Waals surface area contributed by atoms with Gasteiger partial charge in [-0.2, -0.15) is 0 Å². The molecule has 0 bridgehead atoms. The molecule has 6 heteroatoms. The molecule has 0 amide bonds. The van der Waals surface area contributed by atoms with Gasteiger partial charge in [-0.1, -0.05) is 19.9 Å². The largest absolute Gasteiger partial charge is 0.494 e. The average Bonchev–Trinajstić information content (AvgIpc) is 3.33. The number of rotatable bonds is 6. The van der Waals surface area contributed by atoms with Crippen LogP contribution in [0.15, 0.2) is 47.5 Å². The van der Waals surface area contributed by atoms with Crippen molar-refractivity contribution in [2.75, 3.05) is 31.1 Å². The van der Waals surface area contributed by atoms with Crippen LogP contribution in [0.4, 0.5) is 15.8 Å². The summed E-state index contributed by atoms with van der Waals surface area (Å²) in [6.07, 6.45) is 2.70. The molecule has 3 aromatic rings. The summed E-state index contributed by atoms with van der Waals surface area (Å²) in [7, 11) is 0. The molecule has 0 spiro atoms. The second kappa shape index (κ2) is 8.25. The molecule has 2 aromatic carbocycles. The second-order valence-corrected chi connectivity index (χ2v) is 7.43. The van der Waals surface area contributed by atoms with E-state index in [0.29, 0.717) is 22.5 Å². The molecule has 1 fully saturated rings. The first-order valence-corrected chi connectivity index (χ1v) is 10.2. The Kier molecular flexibility index (Phi) is 5.53. The van der Waals surface area contributed by atoms with Gasteiger partial charge in [0.15, 0.2) is 5.88 Å². The van der Waals surface area contributed by atoms with Gasteiger partial charge in [0.1, 0.15) is 5.82 Å². The third-order valence-corrected chi connectivity index (χ3v) is 5.84. The van der Waals surface area contributed by atoms with Gasteiger partial charge in [-0.15, -0.1) is 0 Å². The SMILES string of the molecule is CCN(CC)C1CCN(c2ccc(N=Cc3c(O)[nH]c4cccc(F)c34)cc2)C1. The Morgan fingerprint density at radius 1 is 1.21 bits per heavy atom. The van der Waals surface area contributed by atoms with Crippen molar-refractivity contribution in [1.82, 2.24) is 9.88 Å². The Balaban J connectivity index is 1.49. The summed E-state index contributed by atoms with van der Waals surface area (Å²) in [6.45, 7) is 8.72. The number of aromatic hydroxyl groups is 1. The highest BCUT2D eigenvalue weighted by molar-refractivity contribution is 6.02. The number of aromatic nitrogens is 1. The van der Waals surface area contributed by atoms with Gasteiger partial charge in [0.05, 0.1) is 16.8 Å². The van der Waals surface area contributed by atoms with Gasteiger partial charge in [-0.05, 0) is 55.9 Å². The van der Waals surface area contributed by atoms with Gasteiger partial charge in [0.25, 0.3) is 0 Å². The Bertz CT molecular complexity index is 1010. The smallest absolute Gasteiger partial charge is 0.198 e. The lowest BCUT2D eigenvalue weighted by atomic mass is 10.1. The minimum absolute atomic E-state index is 0.0787. The number of hydrogen-bond donors (Lipinski definition) is 2. The van der Waals surface area contributed by atoms with E-state index in [9.17, 15) is 9.50 Å². The summed E-state index contributed by atoms with van der Waals surface area (Å²) in [5.41, 5.74) is 2.87. The van der Waals surface area contributed by atoms with Crippen LogP contribution in [-0.2, 0) is 0 Å². The first-order valence-electron chi connectivity index (χ1n) is 10.2. The number of aromatic amines is 1. The maximum atomic E-state index is 14.1. The zero-order chi connectivity index (χ0) is 20.4. The van der Waals surface area contributed by atoms with E-state index in [1.165, 1.54) is 24.4 Å². The molecule has 2 N–H and O–H groups in total. The first-order chi connectivity index (χ1) is 14.1. The molecule has 0 aliphatic carbocycles. The highest BCUT2D eigenvalue weighted by Crippen LogP contribution is 2.29. The summed E-state index contributed by atoms with van der Waals surface area (Å²) >= 11 is 0. The van der Waals surface area contributed by atoms with Crippen LogP contribution in [0.25, 0.3) is 10.9 Å². The number of nitrogens with zero attached hydrogens (tertiary/aromatic N) is 3. The summed E-state index contributed by atoms with van der Waals surface area (Å²) in [5.74, 6) is -0.461. The van der Waals surface area contributed by atoms with Gasteiger partial charge >= 0.3 is 0 Å². The van der Waals surface area contributed by atoms with Crippen molar-refractivity contribution in [1.29, 1.82) is 0 Å². The maximum Gasteiger partial charge on any atom is 0.198 e. The molecule has 1 aliphatic rings. The van der Waals surface area contributed by atoms with E-state index in [0.717, 1.165) is 31.9 Å². The topological polar surface area (TPSA) is 54.9 Å². The fourth-order valence-corrected chi connectivity index (χ4v) is 4.24. The fraction of sp³-hybridized carbons (Fsp3) is 0.348. The zero-order valence-electron chi connectivity index (χ0n) is 16.9. The summed E-state index contributed by atoms with van der Waals surface area (Å²) in [5, 5.41) is 10.5. The van der Waals surface area contributed by atoms with E-state index in [1.54, 1.807) is 12.1 Å². The maximum absolute atomic E-state index is 14.1. The number of hydrogen-bond acceptors (Lipinski definition) is 4. The van der Waals surface area contributed by atoms with Gasteiger partial charge in [0, 0.05) is 36.4 Å². The van der Waals surface area contributed by atoms with Crippen LogP contribution >= 0.6 is 0 Å². The number of likely N-dealkylation sites (N-methyl/N-ethyl adjacent to an activating group) is 1. The van der Waals surface area contributed by atoms with Crippen LogP contribution in [-0.4, -0.2) is 53.4 Å². The molecular weight excluding hydrogens is 367 g/mol. The van der Waals surface area contributed by atoms with Crippen molar-refractivity contribution >= 4 is 28.5 Å².